The zero-order valence-corrected chi connectivity index (χ0v) is 5.84. The second-order valence-corrected chi connectivity index (χ2v) is 2.00. The summed E-state index contributed by atoms with van der Waals surface area (Å²) < 4.78 is 12.3. The lowest BCUT2D eigenvalue weighted by atomic mass is 10.5. The Labute approximate surface area is 65.7 Å². The zero-order valence-electron chi connectivity index (χ0n) is 5.08. The number of halogens is 2. The van der Waals surface area contributed by atoms with Crippen molar-refractivity contribution in [1.82, 2.24) is 9.97 Å². The van der Waals surface area contributed by atoms with E-state index in [9.17, 15) is 9.18 Å². The van der Waals surface area contributed by atoms with Crippen molar-refractivity contribution in [1.29, 1.82) is 0 Å². The van der Waals surface area contributed by atoms with Crippen LogP contribution in [0.25, 0.3) is 0 Å². The van der Waals surface area contributed by atoms with Gasteiger partial charge in [-0.2, -0.15) is 0 Å². The van der Waals surface area contributed by atoms with Crippen LogP contribution in [0, 0.1) is 5.82 Å². The molecule has 1 heterocycles. The summed E-state index contributed by atoms with van der Waals surface area (Å²) in [6.45, 7) is 0. The van der Waals surface area contributed by atoms with Crippen LogP contribution in [-0.2, 0) is 0 Å². The van der Waals surface area contributed by atoms with Crippen LogP contribution in [0.2, 0.25) is 5.15 Å². The summed E-state index contributed by atoms with van der Waals surface area (Å²) in [4.78, 5) is 16.5. The van der Waals surface area contributed by atoms with E-state index in [2.05, 4.69) is 9.97 Å². The molecule has 1 N–H and O–H groups in total. The number of aromatic nitrogens is 2. The van der Waals surface area contributed by atoms with Gasteiger partial charge in [0.2, 0.25) is 5.82 Å². The van der Waals surface area contributed by atoms with E-state index in [4.69, 9.17) is 16.7 Å². The van der Waals surface area contributed by atoms with Gasteiger partial charge in [-0.25, -0.2) is 19.2 Å². The summed E-state index contributed by atoms with van der Waals surface area (Å²) in [6.07, 6.45) is 0.707. The number of carboxylic acid groups (broad SMARTS) is 1. The van der Waals surface area contributed by atoms with Crippen LogP contribution >= 0.6 is 11.6 Å². The van der Waals surface area contributed by atoms with Gasteiger partial charge < -0.3 is 5.11 Å². The van der Waals surface area contributed by atoms with E-state index in [0.717, 1.165) is 0 Å². The Hall–Kier alpha value is -1.23. The van der Waals surface area contributed by atoms with E-state index < -0.39 is 22.8 Å². The molecule has 0 unspecified atom stereocenters. The predicted molar refractivity (Wildman–Crippen MR) is 34.0 cm³/mol. The maximum absolute atomic E-state index is 12.3. The molecule has 0 amide bonds. The quantitative estimate of drug-likeness (QED) is 0.648. The number of rotatable bonds is 1. The molecule has 1 rings (SSSR count). The van der Waals surface area contributed by atoms with Crippen molar-refractivity contribution in [3.63, 3.8) is 0 Å². The summed E-state index contributed by atoms with van der Waals surface area (Å²) in [5, 5.41) is 7.81. The summed E-state index contributed by atoms with van der Waals surface area (Å²) in [5.41, 5.74) is 0. The minimum Gasteiger partial charge on any atom is -0.475 e. The second-order valence-electron chi connectivity index (χ2n) is 1.64. The Morgan fingerprint density at radius 1 is 1.73 bits per heavy atom. The van der Waals surface area contributed by atoms with Crippen molar-refractivity contribution in [3.8, 4) is 0 Å². The molecule has 0 saturated heterocycles. The molecule has 0 aliphatic carbocycles. The molecule has 0 radical (unpaired) electrons. The maximum Gasteiger partial charge on any atom is 0.373 e. The average Bonchev–Trinajstić information content (AvgIpc) is 1.94. The lowest BCUT2D eigenvalue weighted by Gasteiger charge is -1.93. The second kappa shape index (κ2) is 2.79. The fourth-order valence-electron chi connectivity index (χ4n) is 0.449. The highest BCUT2D eigenvalue weighted by molar-refractivity contribution is 6.29. The van der Waals surface area contributed by atoms with E-state index in [1.807, 2.05) is 0 Å². The molecule has 0 fully saturated rings. The SMILES string of the molecule is O=C(O)c1ncc(F)c(Cl)n1. The average molecular weight is 177 g/mol. The van der Waals surface area contributed by atoms with Gasteiger partial charge in [0.05, 0.1) is 6.20 Å². The Bertz CT molecular complexity index is 305. The highest BCUT2D eigenvalue weighted by Gasteiger charge is 2.09. The van der Waals surface area contributed by atoms with Crippen molar-refractivity contribution >= 4 is 17.6 Å². The van der Waals surface area contributed by atoms with Gasteiger partial charge in [-0.3, -0.25) is 0 Å². The normalized spacial score (nSPS) is 9.64. The first-order valence-electron chi connectivity index (χ1n) is 2.52. The van der Waals surface area contributed by atoms with Gasteiger partial charge >= 0.3 is 5.97 Å². The van der Waals surface area contributed by atoms with E-state index in [0.29, 0.717) is 6.20 Å². The summed E-state index contributed by atoms with van der Waals surface area (Å²) in [7, 11) is 0. The molecule has 0 bridgehead atoms. The van der Waals surface area contributed by atoms with Crippen LogP contribution in [-0.4, -0.2) is 21.0 Å². The zero-order chi connectivity index (χ0) is 8.43. The maximum atomic E-state index is 12.3. The van der Waals surface area contributed by atoms with E-state index in [1.54, 1.807) is 0 Å². The van der Waals surface area contributed by atoms with Gasteiger partial charge in [-0.15, -0.1) is 0 Å². The van der Waals surface area contributed by atoms with Crippen molar-refractivity contribution in [3.05, 3.63) is 23.0 Å². The third-order valence-electron chi connectivity index (χ3n) is 0.893. The number of hydrogen-bond acceptors (Lipinski definition) is 3. The lowest BCUT2D eigenvalue weighted by molar-refractivity contribution is 0.0683. The highest BCUT2D eigenvalue weighted by Crippen LogP contribution is 2.08. The van der Waals surface area contributed by atoms with Crippen LogP contribution in [0.3, 0.4) is 0 Å². The monoisotopic (exact) mass is 176 g/mol. The van der Waals surface area contributed by atoms with Gasteiger partial charge in [-0.1, -0.05) is 11.6 Å². The summed E-state index contributed by atoms with van der Waals surface area (Å²) in [6, 6.07) is 0. The number of carboxylic acids is 1. The van der Waals surface area contributed by atoms with Crippen LogP contribution in [0.4, 0.5) is 4.39 Å². The van der Waals surface area contributed by atoms with Gasteiger partial charge in [0.15, 0.2) is 11.0 Å². The van der Waals surface area contributed by atoms with Gasteiger partial charge in [0.1, 0.15) is 0 Å². The number of nitrogens with zero attached hydrogens (tertiary/aromatic N) is 2. The standard InChI is InChI=1S/C5H2ClFN2O2/c6-3-2(7)1-8-4(9-3)5(10)11/h1H,(H,10,11). The molecule has 0 atom stereocenters. The molecular weight excluding hydrogens is 175 g/mol. The lowest BCUT2D eigenvalue weighted by Crippen LogP contribution is -2.04. The molecule has 11 heavy (non-hydrogen) atoms. The molecule has 0 aliphatic heterocycles. The summed E-state index contributed by atoms with van der Waals surface area (Å²) >= 11 is 5.17. The molecule has 0 spiro atoms. The predicted octanol–water partition coefficient (Wildman–Crippen LogP) is 0.967. The molecule has 0 aliphatic rings. The van der Waals surface area contributed by atoms with Crippen molar-refractivity contribution < 1.29 is 14.3 Å². The molecule has 0 saturated carbocycles. The molecule has 1 aromatic rings. The Balaban J connectivity index is 3.15. The Morgan fingerprint density at radius 2 is 2.36 bits per heavy atom. The minimum absolute atomic E-state index is 0.489. The Kier molecular flexibility index (Phi) is 2.00. The first kappa shape index (κ1) is 7.87. The third-order valence-corrected chi connectivity index (χ3v) is 1.16. The first-order valence-corrected chi connectivity index (χ1v) is 2.90. The fraction of sp³-hybridized carbons (Fsp3) is 0. The molecule has 0 aromatic carbocycles. The van der Waals surface area contributed by atoms with Gasteiger partial charge in [0.25, 0.3) is 0 Å². The van der Waals surface area contributed by atoms with Crippen molar-refractivity contribution in [2.24, 2.45) is 0 Å². The third kappa shape index (κ3) is 1.62. The van der Waals surface area contributed by atoms with Gasteiger partial charge in [-0.05, 0) is 0 Å². The first-order chi connectivity index (χ1) is 5.11. The van der Waals surface area contributed by atoms with E-state index >= 15 is 0 Å². The van der Waals surface area contributed by atoms with Crippen LogP contribution in [0.1, 0.15) is 10.6 Å². The van der Waals surface area contributed by atoms with Crippen LogP contribution in [0.15, 0.2) is 6.20 Å². The van der Waals surface area contributed by atoms with Gasteiger partial charge in [0, 0.05) is 0 Å². The molecule has 1 aromatic heterocycles. The van der Waals surface area contributed by atoms with Crippen molar-refractivity contribution in [2.45, 2.75) is 0 Å². The Morgan fingerprint density at radius 3 is 2.82 bits per heavy atom. The number of aromatic carboxylic acids is 1. The molecular formula is C5H2ClFN2O2. The molecule has 4 nitrogen and oxygen atoms in total. The van der Waals surface area contributed by atoms with E-state index in [-0.39, 0.29) is 0 Å². The fourth-order valence-corrected chi connectivity index (χ4v) is 0.578. The van der Waals surface area contributed by atoms with Crippen LogP contribution in [0.5, 0.6) is 0 Å². The minimum atomic E-state index is -1.34. The van der Waals surface area contributed by atoms with Crippen LogP contribution < -0.4 is 0 Å². The number of carbonyl (C=O) groups is 1. The number of hydrogen-bond donors (Lipinski definition) is 1. The van der Waals surface area contributed by atoms with E-state index in [1.165, 1.54) is 0 Å². The molecule has 58 valence electrons. The largest absolute Gasteiger partial charge is 0.475 e. The summed E-state index contributed by atoms with van der Waals surface area (Å²) in [5.74, 6) is -2.69. The van der Waals surface area contributed by atoms with Crippen molar-refractivity contribution in [2.75, 3.05) is 0 Å². The molecule has 6 heteroatoms. The topological polar surface area (TPSA) is 63.1 Å². The highest BCUT2D eigenvalue weighted by atomic mass is 35.5. The smallest absolute Gasteiger partial charge is 0.373 e.